The molecule has 14 heavy (non-hydrogen) atoms. The fourth-order valence-electron chi connectivity index (χ4n) is 1.47. The zero-order valence-electron chi connectivity index (χ0n) is 7.59. The maximum Gasteiger partial charge on any atom is 0.180 e. The first-order chi connectivity index (χ1) is 6.81. The molecule has 0 spiro atoms. The molecule has 2 atom stereocenters. The van der Waals surface area contributed by atoms with Crippen LogP contribution in [0.2, 0.25) is 0 Å². The molecule has 4 nitrogen and oxygen atoms in total. The van der Waals surface area contributed by atoms with E-state index in [1.165, 1.54) is 0 Å². The van der Waals surface area contributed by atoms with E-state index in [1.807, 2.05) is 0 Å². The van der Waals surface area contributed by atoms with Gasteiger partial charge in [-0.3, -0.25) is 0 Å². The van der Waals surface area contributed by atoms with Gasteiger partial charge in [-0.05, 0) is 12.5 Å². The number of furan rings is 1. The molecule has 1 aromatic heterocycles. The first-order valence-corrected chi connectivity index (χ1v) is 4.46. The zero-order valence-corrected chi connectivity index (χ0v) is 7.59. The minimum atomic E-state index is -1.01. The molecule has 0 saturated heterocycles. The molecule has 0 bridgehead atoms. The second-order valence-corrected chi connectivity index (χ2v) is 3.21. The normalized spacial score (nSPS) is 27.4. The van der Waals surface area contributed by atoms with Gasteiger partial charge in [0.1, 0.15) is 0 Å². The molecule has 2 N–H and O–H groups in total. The monoisotopic (exact) mass is 196 g/mol. The average molecular weight is 196 g/mol. The SMILES string of the molecule is OCC1=CC[C@@H](c2ccoc2)O[C@@H]1O. The van der Waals surface area contributed by atoms with Crippen molar-refractivity contribution in [2.75, 3.05) is 6.61 Å². The van der Waals surface area contributed by atoms with E-state index in [-0.39, 0.29) is 12.7 Å². The van der Waals surface area contributed by atoms with Crippen LogP contribution in [-0.4, -0.2) is 23.1 Å². The zero-order chi connectivity index (χ0) is 9.97. The Bertz CT molecular complexity index is 315. The van der Waals surface area contributed by atoms with Gasteiger partial charge in [-0.1, -0.05) is 6.08 Å². The van der Waals surface area contributed by atoms with Gasteiger partial charge in [0.05, 0.1) is 25.2 Å². The molecule has 0 aliphatic carbocycles. The lowest BCUT2D eigenvalue weighted by atomic mass is 10.0. The summed E-state index contributed by atoms with van der Waals surface area (Å²) in [6.07, 6.45) is 4.41. The van der Waals surface area contributed by atoms with E-state index >= 15 is 0 Å². The topological polar surface area (TPSA) is 62.8 Å². The smallest absolute Gasteiger partial charge is 0.180 e. The highest BCUT2D eigenvalue weighted by Crippen LogP contribution is 2.29. The van der Waals surface area contributed by atoms with Crippen molar-refractivity contribution in [3.63, 3.8) is 0 Å². The van der Waals surface area contributed by atoms with Crippen LogP contribution in [0.15, 0.2) is 34.7 Å². The van der Waals surface area contributed by atoms with Gasteiger partial charge >= 0.3 is 0 Å². The van der Waals surface area contributed by atoms with Crippen LogP contribution in [0, 0.1) is 0 Å². The van der Waals surface area contributed by atoms with Crippen molar-refractivity contribution in [2.24, 2.45) is 0 Å². The van der Waals surface area contributed by atoms with Gasteiger partial charge in [0, 0.05) is 11.1 Å². The molecule has 1 aliphatic heterocycles. The second-order valence-electron chi connectivity index (χ2n) is 3.21. The van der Waals surface area contributed by atoms with Crippen LogP contribution in [0.25, 0.3) is 0 Å². The first-order valence-electron chi connectivity index (χ1n) is 4.46. The lowest BCUT2D eigenvalue weighted by Gasteiger charge is -2.25. The Labute approximate surface area is 81.4 Å². The molecule has 0 saturated carbocycles. The summed E-state index contributed by atoms with van der Waals surface area (Å²) < 4.78 is 10.2. The molecule has 76 valence electrons. The van der Waals surface area contributed by atoms with Gasteiger partial charge in [-0.15, -0.1) is 0 Å². The van der Waals surface area contributed by atoms with Crippen molar-refractivity contribution in [2.45, 2.75) is 18.8 Å². The number of aliphatic hydroxyl groups excluding tert-OH is 2. The summed E-state index contributed by atoms with van der Waals surface area (Å²) >= 11 is 0. The molecule has 2 rings (SSSR count). The fraction of sp³-hybridized carbons (Fsp3) is 0.400. The van der Waals surface area contributed by atoms with E-state index in [0.717, 1.165) is 5.56 Å². The molecule has 0 radical (unpaired) electrons. The highest BCUT2D eigenvalue weighted by Gasteiger charge is 2.23. The first kappa shape index (κ1) is 9.45. The largest absolute Gasteiger partial charge is 0.472 e. The highest BCUT2D eigenvalue weighted by molar-refractivity contribution is 5.17. The van der Waals surface area contributed by atoms with Crippen LogP contribution in [0.5, 0.6) is 0 Å². The molecule has 0 aromatic carbocycles. The number of ether oxygens (including phenoxy) is 1. The summed E-state index contributed by atoms with van der Waals surface area (Å²) in [6, 6.07) is 1.80. The summed E-state index contributed by atoms with van der Waals surface area (Å²) in [5.41, 5.74) is 1.42. The third-order valence-corrected chi connectivity index (χ3v) is 2.30. The Hall–Kier alpha value is -1.10. The summed E-state index contributed by atoms with van der Waals surface area (Å²) in [5, 5.41) is 18.3. The van der Waals surface area contributed by atoms with Crippen molar-refractivity contribution in [3.05, 3.63) is 35.8 Å². The Morgan fingerprint density at radius 3 is 2.93 bits per heavy atom. The molecule has 0 fully saturated rings. The molecule has 1 aliphatic rings. The third kappa shape index (κ3) is 1.72. The second kappa shape index (κ2) is 3.96. The van der Waals surface area contributed by atoms with E-state index in [0.29, 0.717) is 12.0 Å². The van der Waals surface area contributed by atoms with E-state index in [1.54, 1.807) is 24.7 Å². The van der Waals surface area contributed by atoms with Gasteiger partial charge in [-0.25, -0.2) is 0 Å². The van der Waals surface area contributed by atoms with Crippen LogP contribution < -0.4 is 0 Å². The van der Waals surface area contributed by atoms with Gasteiger partial charge < -0.3 is 19.4 Å². The Morgan fingerprint density at radius 1 is 1.50 bits per heavy atom. The fourth-order valence-corrected chi connectivity index (χ4v) is 1.47. The third-order valence-electron chi connectivity index (χ3n) is 2.30. The maximum absolute atomic E-state index is 9.46. The van der Waals surface area contributed by atoms with Gasteiger partial charge in [-0.2, -0.15) is 0 Å². The number of rotatable bonds is 2. The standard InChI is InChI=1S/C10H12O4/c11-5-7-1-2-9(14-10(7)12)8-3-4-13-6-8/h1,3-4,6,9-12H,2,5H2/t9-,10-/m0/s1. The van der Waals surface area contributed by atoms with Gasteiger partial charge in [0.2, 0.25) is 0 Å². The lowest BCUT2D eigenvalue weighted by Crippen LogP contribution is -2.24. The molecule has 0 unspecified atom stereocenters. The Morgan fingerprint density at radius 2 is 2.36 bits per heavy atom. The van der Waals surface area contributed by atoms with Crippen LogP contribution in [0.3, 0.4) is 0 Å². The number of hydrogen-bond acceptors (Lipinski definition) is 4. The average Bonchev–Trinajstić information content (AvgIpc) is 2.70. The summed E-state index contributed by atoms with van der Waals surface area (Å²) in [7, 11) is 0. The van der Waals surface area contributed by atoms with E-state index in [9.17, 15) is 5.11 Å². The molecule has 2 heterocycles. The Balaban J connectivity index is 2.10. The highest BCUT2D eigenvalue weighted by atomic mass is 16.6. The van der Waals surface area contributed by atoms with E-state index in [4.69, 9.17) is 14.3 Å². The van der Waals surface area contributed by atoms with Crippen LogP contribution in [0.1, 0.15) is 18.1 Å². The van der Waals surface area contributed by atoms with Crippen LogP contribution in [0.4, 0.5) is 0 Å². The number of hydrogen-bond donors (Lipinski definition) is 2. The quantitative estimate of drug-likeness (QED) is 0.692. The predicted molar refractivity (Wildman–Crippen MR) is 48.3 cm³/mol. The van der Waals surface area contributed by atoms with Gasteiger partial charge in [0.25, 0.3) is 0 Å². The Kier molecular flexibility index (Phi) is 2.67. The van der Waals surface area contributed by atoms with Crippen molar-refractivity contribution >= 4 is 0 Å². The van der Waals surface area contributed by atoms with E-state index < -0.39 is 6.29 Å². The molecular formula is C10H12O4. The lowest BCUT2D eigenvalue weighted by molar-refractivity contribution is -0.125. The summed E-state index contributed by atoms with van der Waals surface area (Å²) in [5.74, 6) is 0. The van der Waals surface area contributed by atoms with Gasteiger partial charge in [0.15, 0.2) is 6.29 Å². The van der Waals surface area contributed by atoms with Crippen LogP contribution >= 0.6 is 0 Å². The number of aliphatic hydroxyl groups is 2. The maximum atomic E-state index is 9.46. The van der Waals surface area contributed by atoms with Crippen molar-refractivity contribution in [1.82, 2.24) is 0 Å². The minimum absolute atomic E-state index is 0.167. The van der Waals surface area contributed by atoms with E-state index in [2.05, 4.69) is 0 Å². The van der Waals surface area contributed by atoms with Crippen molar-refractivity contribution in [1.29, 1.82) is 0 Å². The molecule has 0 amide bonds. The van der Waals surface area contributed by atoms with Crippen molar-refractivity contribution < 1.29 is 19.4 Å². The summed E-state index contributed by atoms with van der Waals surface area (Å²) in [6.45, 7) is -0.167. The molecular weight excluding hydrogens is 184 g/mol. The predicted octanol–water partition coefficient (Wildman–Crippen LogP) is 0.978. The molecule has 1 aromatic rings. The minimum Gasteiger partial charge on any atom is -0.472 e. The van der Waals surface area contributed by atoms with Crippen molar-refractivity contribution in [3.8, 4) is 0 Å². The summed E-state index contributed by atoms with van der Waals surface area (Å²) in [4.78, 5) is 0. The van der Waals surface area contributed by atoms with Crippen LogP contribution in [-0.2, 0) is 4.74 Å². The molecule has 4 heteroatoms.